The molecule has 1 unspecified atom stereocenters. The summed E-state index contributed by atoms with van der Waals surface area (Å²) in [5.41, 5.74) is 1.05. The van der Waals surface area contributed by atoms with Crippen LogP contribution in [0, 0.1) is 0 Å². The number of imidazole rings is 1. The van der Waals surface area contributed by atoms with Crippen molar-refractivity contribution in [3.63, 3.8) is 0 Å². The quantitative estimate of drug-likeness (QED) is 0.455. The number of nitrogens with one attached hydrogen (secondary N) is 1. The van der Waals surface area contributed by atoms with Gasteiger partial charge < -0.3 is 15.0 Å². The maximum atomic E-state index is 13.3. The lowest BCUT2D eigenvalue weighted by Crippen LogP contribution is -2.53. The van der Waals surface area contributed by atoms with E-state index in [0.29, 0.717) is 43.7 Å². The van der Waals surface area contributed by atoms with Crippen molar-refractivity contribution in [1.82, 2.24) is 32.9 Å². The minimum Gasteiger partial charge on any atom is -0.449 e. The van der Waals surface area contributed by atoms with Crippen molar-refractivity contribution in [2.45, 2.75) is 70.1 Å². The Morgan fingerprint density at radius 2 is 1.64 bits per heavy atom. The van der Waals surface area contributed by atoms with Crippen LogP contribution in [-0.4, -0.2) is 120 Å². The molecule has 3 atom stereocenters. The van der Waals surface area contributed by atoms with E-state index < -0.39 is 16.3 Å². The van der Waals surface area contributed by atoms with Gasteiger partial charge in [0.15, 0.2) is 0 Å². The Labute approximate surface area is 247 Å². The molecule has 0 radical (unpaired) electrons. The van der Waals surface area contributed by atoms with E-state index in [1.165, 1.54) is 27.3 Å². The first-order chi connectivity index (χ1) is 20.0. The number of piperazine rings is 1. The topological polar surface area (TPSA) is 129 Å². The van der Waals surface area contributed by atoms with Gasteiger partial charge >= 0.3 is 17.8 Å². The number of para-hydroxylation sites is 2. The average molecular weight is 606 g/mol. The number of nitrogens with zero attached hydrogens (tertiary/aromatic N) is 6. The van der Waals surface area contributed by atoms with Crippen LogP contribution in [0.25, 0.3) is 11.0 Å². The normalized spacial score (nSPS) is 23.7. The van der Waals surface area contributed by atoms with Crippen LogP contribution < -0.4 is 11.0 Å². The molecule has 13 nitrogen and oxygen atoms in total. The highest BCUT2D eigenvalue weighted by Gasteiger charge is 2.41. The molecule has 3 aliphatic heterocycles. The molecule has 2 aromatic rings. The molecule has 3 fully saturated rings. The van der Waals surface area contributed by atoms with E-state index in [1.54, 1.807) is 9.47 Å². The van der Waals surface area contributed by atoms with Gasteiger partial charge in [-0.15, -0.1) is 0 Å². The lowest BCUT2D eigenvalue weighted by atomic mass is 9.97. The Kier molecular flexibility index (Phi) is 8.97. The minimum absolute atomic E-state index is 0.00730. The summed E-state index contributed by atoms with van der Waals surface area (Å²) in [6.45, 7) is 6.09. The number of aromatic nitrogens is 2. The molecule has 2 bridgehead atoms. The first kappa shape index (κ1) is 30.5. The predicted octanol–water partition coefficient (Wildman–Crippen LogP) is 1.89. The molecular weight excluding hydrogens is 562 g/mol. The molecule has 14 heteroatoms. The summed E-state index contributed by atoms with van der Waals surface area (Å²) in [6, 6.07) is 7.62. The zero-order valence-electron chi connectivity index (χ0n) is 24.9. The average Bonchev–Trinajstić information content (AvgIpc) is 3.38. The van der Waals surface area contributed by atoms with Gasteiger partial charge in [-0.05, 0) is 58.1 Å². The van der Waals surface area contributed by atoms with Gasteiger partial charge in [-0.3, -0.25) is 9.47 Å². The second-order valence-electron chi connectivity index (χ2n) is 12.0. The standard InChI is InChI=1S/C28H43N7O6S/c1-20(2)34-24-8-5-6-9-25(24)35(27(34)37)26(36)29-21-18-22-10-11-23(19-21)33(22)12-7-17-41-28(38)31-13-15-32(16-14-31)42(39,40)30(3)4/h5-6,8-9,20-23H,7,10-19H2,1-4H3,(H,29,36)/t21?,22-,23+. The highest BCUT2D eigenvalue weighted by molar-refractivity contribution is 7.86. The molecule has 42 heavy (non-hydrogen) atoms. The van der Waals surface area contributed by atoms with Crippen molar-refractivity contribution in [2.75, 3.05) is 53.4 Å². The predicted molar refractivity (Wildman–Crippen MR) is 159 cm³/mol. The van der Waals surface area contributed by atoms with Crippen LogP contribution in [0.3, 0.4) is 0 Å². The summed E-state index contributed by atoms with van der Waals surface area (Å²) in [4.78, 5) is 43.1. The van der Waals surface area contributed by atoms with Gasteiger partial charge in [0.25, 0.3) is 10.2 Å². The zero-order chi connectivity index (χ0) is 30.2. The van der Waals surface area contributed by atoms with Gasteiger partial charge in [-0.25, -0.2) is 19.0 Å². The Bertz CT molecular complexity index is 1450. The molecular formula is C28H43N7O6S. The number of fused-ring (bicyclic) bond motifs is 3. The molecule has 1 N–H and O–H groups in total. The summed E-state index contributed by atoms with van der Waals surface area (Å²) in [6.07, 6.45) is 4.05. The molecule has 1 aromatic carbocycles. The van der Waals surface area contributed by atoms with Crippen LogP contribution in [0.4, 0.5) is 9.59 Å². The van der Waals surface area contributed by atoms with Crippen molar-refractivity contribution >= 4 is 33.4 Å². The summed E-state index contributed by atoms with van der Waals surface area (Å²) in [5.74, 6) is 0. The van der Waals surface area contributed by atoms with Crippen molar-refractivity contribution in [1.29, 1.82) is 0 Å². The lowest BCUT2D eigenvalue weighted by molar-refractivity contribution is 0.0753. The van der Waals surface area contributed by atoms with Crippen LogP contribution >= 0.6 is 0 Å². The van der Waals surface area contributed by atoms with E-state index in [-0.39, 0.29) is 36.9 Å². The molecule has 2 amide bonds. The maximum Gasteiger partial charge on any atom is 0.409 e. The van der Waals surface area contributed by atoms with Gasteiger partial charge in [0.05, 0.1) is 17.6 Å². The monoisotopic (exact) mass is 605 g/mol. The number of amides is 2. The molecule has 4 heterocycles. The minimum atomic E-state index is -3.48. The van der Waals surface area contributed by atoms with Crippen molar-refractivity contribution < 1.29 is 22.7 Å². The van der Waals surface area contributed by atoms with E-state index >= 15 is 0 Å². The van der Waals surface area contributed by atoms with Crippen LogP contribution in [0.5, 0.6) is 0 Å². The SMILES string of the molecule is CC(C)n1c(=O)n(C(=O)NC2C[C@H]3CC[C@@H](C2)N3CCCOC(=O)N2CCN(S(=O)(=O)N(C)C)CC2)c2ccccc21. The largest absolute Gasteiger partial charge is 0.449 e. The number of rotatable bonds is 8. The summed E-state index contributed by atoms with van der Waals surface area (Å²) < 4.78 is 35.5. The fraction of sp³-hybridized carbons (Fsp3) is 0.679. The number of benzene rings is 1. The third-order valence-corrected chi connectivity index (χ3v) is 10.7. The lowest BCUT2D eigenvalue weighted by Gasteiger charge is -2.39. The highest BCUT2D eigenvalue weighted by atomic mass is 32.2. The van der Waals surface area contributed by atoms with Crippen molar-refractivity contribution in [3.8, 4) is 0 Å². The second-order valence-corrected chi connectivity index (χ2v) is 14.1. The van der Waals surface area contributed by atoms with E-state index in [0.717, 1.165) is 37.7 Å². The summed E-state index contributed by atoms with van der Waals surface area (Å²) in [5, 5.41) is 3.14. The molecule has 1 aromatic heterocycles. The highest BCUT2D eigenvalue weighted by Crippen LogP contribution is 2.36. The smallest absolute Gasteiger partial charge is 0.409 e. The van der Waals surface area contributed by atoms with Gasteiger partial charge in [0.1, 0.15) is 0 Å². The van der Waals surface area contributed by atoms with Gasteiger partial charge in [-0.2, -0.15) is 17.0 Å². The van der Waals surface area contributed by atoms with Crippen LogP contribution in [-0.2, 0) is 14.9 Å². The van der Waals surface area contributed by atoms with Gasteiger partial charge in [-0.1, -0.05) is 12.1 Å². The molecule has 0 aliphatic carbocycles. The van der Waals surface area contributed by atoms with Crippen LogP contribution in [0.15, 0.2) is 29.1 Å². The maximum absolute atomic E-state index is 13.3. The molecule has 0 saturated carbocycles. The first-order valence-electron chi connectivity index (χ1n) is 14.9. The Morgan fingerprint density at radius 3 is 2.24 bits per heavy atom. The van der Waals surface area contributed by atoms with E-state index in [2.05, 4.69) is 10.2 Å². The Balaban J connectivity index is 1.09. The fourth-order valence-corrected chi connectivity index (χ4v) is 7.78. The van der Waals surface area contributed by atoms with Crippen LogP contribution in [0.2, 0.25) is 0 Å². The van der Waals surface area contributed by atoms with Gasteiger partial charge in [0, 0.05) is 71.0 Å². The summed E-state index contributed by atoms with van der Waals surface area (Å²) >= 11 is 0. The first-order valence-corrected chi connectivity index (χ1v) is 16.3. The van der Waals surface area contributed by atoms with E-state index in [9.17, 15) is 22.8 Å². The summed E-state index contributed by atoms with van der Waals surface area (Å²) in [7, 11) is -0.488. The number of carbonyl (C=O) groups is 2. The number of hydrogen-bond acceptors (Lipinski definition) is 7. The Hall–Kier alpha value is -2.94. The Morgan fingerprint density at radius 1 is 1.02 bits per heavy atom. The fourth-order valence-electron chi connectivity index (χ4n) is 6.69. The molecule has 3 saturated heterocycles. The van der Waals surface area contributed by atoms with E-state index in [1.807, 2.05) is 38.1 Å². The molecule has 3 aliphatic rings. The second kappa shape index (κ2) is 12.3. The van der Waals surface area contributed by atoms with E-state index in [4.69, 9.17) is 4.74 Å². The molecule has 232 valence electrons. The third-order valence-electron chi connectivity index (χ3n) is 8.78. The zero-order valence-corrected chi connectivity index (χ0v) is 25.8. The number of ether oxygens (including phenoxy) is 1. The molecule has 5 rings (SSSR count). The van der Waals surface area contributed by atoms with Crippen molar-refractivity contribution in [3.05, 3.63) is 34.7 Å². The molecule has 0 spiro atoms. The third kappa shape index (κ3) is 5.94. The number of hydrogen-bond donors (Lipinski definition) is 1. The van der Waals surface area contributed by atoms with Crippen molar-refractivity contribution in [2.24, 2.45) is 0 Å². The number of piperidine rings is 1. The van der Waals surface area contributed by atoms with Crippen LogP contribution in [0.1, 0.15) is 52.0 Å². The number of carbonyl (C=O) groups excluding carboxylic acids is 2. The van der Waals surface area contributed by atoms with Gasteiger partial charge in [0.2, 0.25) is 0 Å².